The van der Waals surface area contributed by atoms with Crippen LogP contribution in [0, 0.1) is 13.8 Å². The van der Waals surface area contributed by atoms with Crippen LogP contribution in [0.1, 0.15) is 37.3 Å². The van der Waals surface area contributed by atoms with Crippen LogP contribution >= 0.6 is 11.6 Å². The molecule has 0 unspecified atom stereocenters. The monoisotopic (exact) mass is 312 g/mol. The molecule has 5 heteroatoms. The second kappa shape index (κ2) is 9.50. The Morgan fingerprint density at radius 2 is 1.76 bits per heavy atom. The number of hydrogen-bond donors (Lipinski definition) is 2. The van der Waals surface area contributed by atoms with E-state index in [1.807, 2.05) is 26.0 Å². The van der Waals surface area contributed by atoms with Gasteiger partial charge in [0.05, 0.1) is 6.54 Å². The molecule has 1 aromatic rings. The molecule has 0 bridgehead atoms. The van der Waals surface area contributed by atoms with E-state index >= 15 is 0 Å². The topological polar surface area (TPSA) is 50.4 Å². The minimum absolute atomic E-state index is 0.141. The minimum atomic E-state index is -0.141. The summed E-state index contributed by atoms with van der Waals surface area (Å²) < 4.78 is 5.61. The first-order valence-electron chi connectivity index (χ1n) is 7.45. The third-order valence-electron chi connectivity index (χ3n) is 3.13. The van der Waals surface area contributed by atoms with Gasteiger partial charge >= 0.3 is 6.03 Å². The van der Waals surface area contributed by atoms with E-state index in [0.29, 0.717) is 13.2 Å². The van der Waals surface area contributed by atoms with Gasteiger partial charge in [-0.2, -0.15) is 0 Å². The number of urea groups is 1. The summed E-state index contributed by atoms with van der Waals surface area (Å²) in [7, 11) is 0. The zero-order valence-electron chi connectivity index (χ0n) is 13.1. The maximum absolute atomic E-state index is 11.5. The fourth-order valence-electron chi connectivity index (χ4n) is 1.96. The standard InChI is InChI=1S/C16H25ClN2O2/c1-4-5-6-7-18-16(20)19-8-9-21-14-10-12(2)15(17)13(3)11-14/h10-11H,4-9H2,1-3H3,(H2,18,19,20). The third-order valence-corrected chi connectivity index (χ3v) is 3.73. The molecule has 0 heterocycles. The van der Waals surface area contributed by atoms with Crippen molar-refractivity contribution < 1.29 is 9.53 Å². The highest BCUT2D eigenvalue weighted by atomic mass is 35.5. The van der Waals surface area contributed by atoms with E-state index in [-0.39, 0.29) is 6.03 Å². The predicted octanol–water partition coefficient (Wildman–Crippen LogP) is 3.83. The second-order valence-electron chi connectivity index (χ2n) is 5.11. The Kier molecular flexibility index (Phi) is 7.98. The first kappa shape index (κ1) is 17.6. The van der Waals surface area contributed by atoms with Gasteiger partial charge in [-0.25, -0.2) is 4.79 Å². The summed E-state index contributed by atoms with van der Waals surface area (Å²) in [5.41, 5.74) is 1.99. The Bertz CT molecular complexity index is 441. The van der Waals surface area contributed by atoms with Crippen LogP contribution in [0.3, 0.4) is 0 Å². The molecule has 0 aliphatic rings. The number of amides is 2. The molecular weight excluding hydrogens is 288 g/mol. The van der Waals surface area contributed by atoms with Crippen molar-refractivity contribution in [3.05, 3.63) is 28.3 Å². The van der Waals surface area contributed by atoms with Crippen molar-refractivity contribution in [3.8, 4) is 5.75 Å². The number of aryl methyl sites for hydroxylation is 2. The van der Waals surface area contributed by atoms with Crippen LogP contribution in [0.4, 0.5) is 4.79 Å². The molecule has 0 fully saturated rings. The number of halogens is 1. The number of ether oxygens (including phenoxy) is 1. The Morgan fingerprint density at radius 3 is 2.38 bits per heavy atom. The quantitative estimate of drug-likeness (QED) is 0.717. The fourth-order valence-corrected chi connectivity index (χ4v) is 2.07. The highest BCUT2D eigenvalue weighted by Crippen LogP contribution is 2.25. The molecule has 0 aliphatic heterocycles. The smallest absolute Gasteiger partial charge is 0.314 e. The molecule has 0 radical (unpaired) electrons. The molecule has 0 atom stereocenters. The van der Waals surface area contributed by atoms with E-state index in [4.69, 9.17) is 16.3 Å². The highest BCUT2D eigenvalue weighted by molar-refractivity contribution is 6.32. The van der Waals surface area contributed by atoms with Crippen LogP contribution in [-0.4, -0.2) is 25.7 Å². The van der Waals surface area contributed by atoms with Gasteiger partial charge in [-0.05, 0) is 43.5 Å². The van der Waals surface area contributed by atoms with Crippen LogP contribution in [0.25, 0.3) is 0 Å². The minimum Gasteiger partial charge on any atom is -0.492 e. The predicted molar refractivity (Wildman–Crippen MR) is 87.3 cm³/mol. The number of hydrogen-bond acceptors (Lipinski definition) is 2. The summed E-state index contributed by atoms with van der Waals surface area (Å²) in [6, 6.07) is 3.67. The number of unbranched alkanes of at least 4 members (excludes halogenated alkanes) is 2. The molecule has 0 aliphatic carbocycles. The van der Waals surface area contributed by atoms with E-state index in [9.17, 15) is 4.79 Å². The van der Waals surface area contributed by atoms with Crippen molar-refractivity contribution in [3.63, 3.8) is 0 Å². The van der Waals surface area contributed by atoms with Crippen molar-refractivity contribution in [2.24, 2.45) is 0 Å². The third kappa shape index (κ3) is 6.71. The van der Waals surface area contributed by atoms with E-state index in [0.717, 1.165) is 47.7 Å². The SMILES string of the molecule is CCCCCNC(=O)NCCOc1cc(C)c(Cl)c(C)c1. The molecule has 1 aromatic carbocycles. The molecule has 2 amide bonds. The van der Waals surface area contributed by atoms with Crippen LogP contribution < -0.4 is 15.4 Å². The van der Waals surface area contributed by atoms with E-state index in [2.05, 4.69) is 17.6 Å². The van der Waals surface area contributed by atoms with Crippen molar-refractivity contribution in [1.82, 2.24) is 10.6 Å². The van der Waals surface area contributed by atoms with Gasteiger partial charge in [0.2, 0.25) is 0 Å². The van der Waals surface area contributed by atoms with Gasteiger partial charge in [0.25, 0.3) is 0 Å². The van der Waals surface area contributed by atoms with Gasteiger partial charge in [0, 0.05) is 11.6 Å². The Labute approximate surface area is 132 Å². The van der Waals surface area contributed by atoms with Crippen LogP contribution in [0.2, 0.25) is 5.02 Å². The molecule has 0 saturated heterocycles. The lowest BCUT2D eigenvalue weighted by Crippen LogP contribution is -2.38. The average molecular weight is 313 g/mol. The first-order chi connectivity index (χ1) is 10.0. The summed E-state index contributed by atoms with van der Waals surface area (Å²) in [5.74, 6) is 0.777. The van der Waals surface area contributed by atoms with E-state index in [1.54, 1.807) is 0 Å². The Morgan fingerprint density at radius 1 is 1.14 bits per heavy atom. The molecule has 0 spiro atoms. The normalized spacial score (nSPS) is 10.3. The zero-order chi connectivity index (χ0) is 15.7. The second-order valence-corrected chi connectivity index (χ2v) is 5.49. The fraction of sp³-hybridized carbons (Fsp3) is 0.562. The number of carbonyl (C=O) groups excluding carboxylic acids is 1. The molecule has 0 saturated carbocycles. The lowest BCUT2D eigenvalue weighted by atomic mass is 10.1. The number of carbonyl (C=O) groups is 1. The van der Waals surface area contributed by atoms with Gasteiger partial charge in [0.15, 0.2) is 0 Å². The zero-order valence-corrected chi connectivity index (χ0v) is 13.8. The number of benzene rings is 1. The summed E-state index contributed by atoms with van der Waals surface area (Å²) in [6.45, 7) is 7.66. The molecule has 118 valence electrons. The number of rotatable bonds is 8. The van der Waals surface area contributed by atoms with Crippen LogP contribution in [-0.2, 0) is 0 Å². The Balaban J connectivity index is 2.21. The van der Waals surface area contributed by atoms with Crippen molar-refractivity contribution in [2.45, 2.75) is 40.0 Å². The summed E-state index contributed by atoms with van der Waals surface area (Å²) >= 11 is 6.10. The summed E-state index contributed by atoms with van der Waals surface area (Å²) in [4.78, 5) is 11.5. The maximum atomic E-state index is 11.5. The van der Waals surface area contributed by atoms with E-state index in [1.165, 1.54) is 0 Å². The van der Waals surface area contributed by atoms with Crippen molar-refractivity contribution >= 4 is 17.6 Å². The van der Waals surface area contributed by atoms with Crippen molar-refractivity contribution in [1.29, 1.82) is 0 Å². The van der Waals surface area contributed by atoms with E-state index < -0.39 is 0 Å². The van der Waals surface area contributed by atoms with Gasteiger partial charge in [-0.1, -0.05) is 31.4 Å². The molecule has 21 heavy (non-hydrogen) atoms. The van der Waals surface area contributed by atoms with Gasteiger partial charge < -0.3 is 15.4 Å². The van der Waals surface area contributed by atoms with Crippen molar-refractivity contribution in [2.75, 3.05) is 19.7 Å². The average Bonchev–Trinajstić information content (AvgIpc) is 2.45. The Hall–Kier alpha value is -1.42. The molecule has 4 nitrogen and oxygen atoms in total. The summed E-state index contributed by atoms with van der Waals surface area (Å²) in [5, 5.41) is 6.36. The molecule has 2 N–H and O–H groups in total. The van der Waals surface area contributed by atoms with Gasteiger partial charge in [0.1, 0.15) is 12.4 Å². The van der Waals surface area contributed by atoms with Gasteiger partial charge in [-0.3, -0.25) is 0 Å². The summed E-state index contributed by atoms with van der Waals surface area (Å²) in [6.07, 6.45) is 3.31. The molecular formula is C16H25ClN2O2. The lowest BCUT2D eigenvalue weighted by molar-refractivity contribution is 0.236. The highest BCUT2D eigenvalue weighted by Gasteiger charge is 2.04. The maximum Gasteiger partial charge on any atom is 0.314 e. The van der Waals surface area contributed by atoms with Crippen LogP contribution in [0.5, 0.6) is 5.75 Å². The number of nitrogens with one attached hydrogen (secondary N) is 2. The first-order valence-corrected chi connectivity index (χ1v) is 7.83. The largest absolute Gasteiger partial charge is 0.492 e. The van der Waals surface area contributed by atoms with Gasteiger partial charge in [-0.15, -0.1) is 0 Å². The van der Waals surface area contributed by atoms with Crippen LogP contribution in [0.15, 0.2) is 12.1 Å². The molecule has 1 rings (SSSR count). The molecule has 0 aromatic heterocycles. The lowest BCUT2D eigenvalue weighted by Gasteiger charge is -2.11.